The minimum Gasteiger partial charge on any atom is -0.497 e. The largest absolute Gasteiger partial charge is 0.497 e. The predicted octanol–water partition coefficient (Wildman–Crippen LogP) is 4.24. The van der Waals surface area contributed by atoms with E-state index in [1.807, 2.05) is 0 Å². The van der Waals surface area contributed by atoms with Crippen molar-refractivity contribution in [2.75, 3.05) is 24.5 Å². The van der Waals surface area contributed by atoms with Crippen molar-refractivity contribution < 1.29 is 27.1 Å². The number of ether oxygens (including phenoxy) is 1. The number of sulfonamides is 1. The van der Waals surface area contributed by atoms with Crippen molar-refractivity contribution in [1.29, 1.82) is 0 Å². The van der Waals surface area contributed by atoms with E-state index in [-0.39, 0.29) is 23.0 Å². The van der Waals surface area contributed by atoms with Crippen LogP contribution < -0.4 is 14.4 Å². The lowest BCUT2D eigenvalue weighted by molar-refractivity contribution is -0.139. The van der Waals surface area contributed by atoms with Gasteiger partial charge in [0.05, 0.1) is 17.7 Å². The topological polar surface area (TPSA) is 96.0 Å². The highest BCUT2D eigenvalue weighted by Gasteiger charge is 2.32. The summed E-state index contributed by atoms with van der Waals surface area (Å²) in [4.78, 5) is 27.6. The summed E-state index contributed by atoms with van der Waals surface area (Å²) in [7, 11) is -2.81. The van der Waals surface area contributed by atoms with Crippen LogP contribution in [-0.4, -0.2) is 51.4 Å². The number of carbonyl (C=O) groups is 2. The Kier molecular flexibility index (Phi) is 9.71. The third kappa shape index (κ3) is 7.02. The molecule has 1 N–H and O–H groups in total. The molecule has 8 nitrogen and oxygen atoms in total. The zero-order chi connectivity index (χ0) is 27.9. The molecule has 0 unspecified atom stereocenters. The first kappa shape index (κ1) is 28.9. The van der Waals surface area contributed by atoms with Crippen molar-refractivity contribution in [2.45, 2.75) is 31.3 Å². The highest BCUT2D eigenvalue weighted by atomic mass is 35.5. The van der Waals surface area contributed by atoms with E-state index in [0.29, 0.717) is 22.9 Å². The molecular weight excluding hydrogens is 533 g/mol. The monoisotopic (exact) mass is 561 g/mol. The van der Waals surface area contributed by atoms with E-state index in [9.17, 15) is 22.4 Å². The smallest absolute Gasteiger partial charge is 0.264 e. The van der Waals surface area contributed by atoms with Crippen LogP contribution >= 0.6 is 11.6 Å². The number of carbonyl (C=O) groups excluding carboxylic acids is 2. The van der Waals surface area contributed by atoms with E-state index in [1.54, 1.807) is 38.1 Å². The molecule has 0 aliphatic carbocycles. The summed E-state index contributed by atoms with van der Waals surface area (Å²) in [5, 5.41) is 3.20. The van der Waals surface area contributed by atoms with Crippen LogP contribution in [0.4, 0.5) is 10.1 Å². The summed E-state index contributed by atoms with van der Waals surface area (Å²) in [6.45, 7) is 3.10. The van der Waals surface area contributed by atoms with Crippen LogP contribution in [0.15, 0.2) is 77.7 Å². The fraction of sp³-hybridized carbons (Fsp3) is 0.259. The van der Waals surface area contributed by atoms with Gasteiger partial charge in [-0.15, -0.1) is 0 Å². The molecular formula is C27H29ClFN3O5S. The lowest BCUT2D eigenvalue weighted by atomic mass is 10.1. The Balaban J connectivity index is 2.01. The average Bonchev–Trinajstić information content (AvgIpc) is 2.91. The number of nitrogens with zero attached hydrogens (tertiary/aromatic N) is 2. The zero-order valence-electron chi connectivity index (χ0n) is 21.2. The maximum Gasteiger partial charge on any atom is 0.264 e. The van der Waals surface area contributed by atoms with Gasteiger partial charge in [-0.3, -0.25) is 13.9 Å². The molecule has 0 fully saturated rings. The summed E-state index contributed by atoms with van der Waals surface area (Å²) in [6.07, 6.45) is 0. The van der Waals surface area contributed by atoms with E-state index in [1.165, 1.54) is 48.4 Å². The van der Waals surface area contributed by atoms with Gasteiger partial charge in [0, 0.05) is 18.1 Å². The van der Waals surface area contributed by atoms with Crippen LogP contribution in [0.2, 0.25) is 5.02 Å². The number of methoxy groups -OCH3 is 1. The molecule has 0 aliphatic heterocycles. The van der Waals surface area contributed by atoms with Gasteiger partial charge in [0.25, 0.3) is 10.0 Å². The van der Waals surface area contributed by atoms with Gasteiger partial charge in [-0.1, -0.05) is 23.7 Å². The number of rotatable bonds is 11. The van der Waals surface area contributed by atoms with E-state index in [4.69, 9.17) is 16.3 Å². The Labute approximate surface area is 227 Å². The van der Waals surface area contributed by atoms with Crippen molar-refractivity contribution in [3.05, 3.63) is 89.2 Å². The fourth-order valence-corrected chi connectivity index (χ4v) is 5.24. The van der Waals surface area contributed by atoms with Crippen LogP contribution in [0.1, 0.15) is 19.4 Å². The molecule has 11 heteroatoms. The van der Waals surface area contributed by atoms with Crippen molar-refractivity contribution in [3.63, 3.8) is 0 Å². The summed E-state index contributed by atoms with van der Waals surface area (Å²) in [5.74, 6) is -1.12. The Morgan fingerprint density at radius 2 is 1.61 bits per heavy atom. The molecule has 3 aromatic carbocycles. The Bertz CT molecular complexity index is 1350. The minimum atomic E-state index is -4.27. The third-order valence-corrected chi connectivity index (χ3v) is 7.87. The molecule has 0 saturated heterocycles. The average molecular weight is 562 g/mol. The van der Waals surface area contributed by atoms with Crippen LogP contribution in [0, 0.1) is 5.82 Å². The normalized spacial score (nSPS) is 11.9. The molecule has 0 radical (unpaired) electrons. The molecule has 1 atom stereocenters. The van der Waals surface area contributed by atoms with Gasteiger partial charge >= 0.3 is 0 Å². The van der Waals surface area contributed by atoms with Gasteiger partial charge in [-0.25, -0.2) is 12.8 Å². The van der Waals surface area contributed by atoms with Crippen LogP contribution in [-0.2, 0) is 26.2 Å². The first-order valence-corrected chi connectivity index (χ1v) is 13.6. The summed E-state index contributed by atoms with van der Waals surface area (Å²) in [5.41, 5.74) is 0.790. The maximum atomic E-state index is 13.7. The molecule has 3 rings (SSSR count). The van der Waals surface area contributed by atoms with Gasteiger partial charge in [-0.2, -0.15) is 0 Å². The van der Waals surface area contributed by atoms with E-state index < -0.39 is 34.3 Å². The SMILES string of the molecule is CCNC(=O)[C@H](C)N(Cc1ccc(Cl)cc1)C(=O)CN(c1ccc(F)cc1)S(=O)(=O)c1ccc(OC)cc1. The van der Waals surface area contributed by atoms with Crippen molar-refractivity contribution in [1.82, 2.24) is 10.2 Å². The molecule has 0 aromatic heterocycles. The Hall–Kier alpha value is -3.63. The third-order valence-electron chi connectivity index (χ3n) is 5.83. The Morgan fingerprint density at radius 1 is 1.00 bits per heavy atom. The minimum absolute atomic E-state index is 0.0359. The van der Waals surface area contributed by atoms with Gasteiger partial charge < -0.3 is 15.0 Å². The first-order valence-electron chi connectivity index (χ1n) is 11.8. The van der Waals surface area contributed by atoms with Crippen molar-refractivity contribution >= 4 is 39.1 Å². The van der Waals surface area contributed by atoms with E-state index in [2.05, 4.69) is 5.32 Å². The summed E-state index contributed by atoms with van der Waals surface area (Å²) < 4.78 is 47.1. The van der Waals surface area contributed by atoms with E-state index >= 15 is 0 Å². The molecule has 3 aromatic rings. The van der Waals surface area contributed by atoms with Crippen LogP contribution in [0.25, 0.3) is 0 Å². The highest BCUT2D eigenvalue weighted by molar-refractivity contribution is 7.92. The summed E-state index contributed by atoms with van der Waals surface area (Å²) in [6, 6.07) is 16.3. The number of amides is 2. The second kappa shape index (κ2) is 12.7. The van der Waals surface area contributed by atoms with E-state index in [0.717, 1.165) is 16.4 Å². The molecule has 0 bridgehead atoms. The molecule has 2 amide bonds. The standard InChI is InChI=1S/C27H29ClFN3O5S/c1-4-30-27(34)19(2)31(17-20-5-7-21(28)8-6-20)26(33)18-32(23-11-9-22(29)10-12-23)38(35,36)25-15-13-24(37-3)14-16-25/h5-16,19H,4,17-18H2,1-3H3,(H,30,34)/t19-/m0/s1. The number of hydrogen-bond donors (Lipinski definition) is 1. The molecule has 0 heterocycles. The molecule has 0 aliphatic rings. The van der Waals surface area contributed by atoms with Gasteiger partial charge in [0.2, 0.25) is 11.8 Å². The molecule has 202 valence electrons. The molecule has 38 heavy (non-hydrogen) atoms. The number of benzene rings is 3. The number of hydrogen-bond acceptors (Lipinski definition) is 5. The zero-order valence-corrected chi connectivity index (χ0v) is 22.8. The molecule has 0 spiro atoms. The number of anilines is 1. The van der Waals surface area contributed by atoms with Crippen molar-refractivity contribution in [3.8, 4) is 5.75 Å². The second-order valence-corrected chi connectivity index (χ2v) is 10.7. The first-order chi connectivity index (χ1) is 18.1. The Morgan fingerprint density at radius 3 is 2.16 bits per heavy atom. The van der Waals surface area contributed by atoms with Crippen molar-refractivity contribution in [2.24, 2.45) is 0 Å². The van der Waals surface area contributed by atoms with Crippen LogP contribution in [0.5, 0.6) is 5.75 Å². The quantitative estimate of drug-likeness (QED) is 0.378. The van der Waals surface area contributed by atoms with Gasteiger partial charge in [-0.05, 0) is 80.1 Å². The predicted molar refractivity (Wildman–Crippen MR) is 144 cm³/mol. The number of likely N-dealkylation sites (N-methyl/N-ethyl adjacent to an activating group) is 1. The van der Waals surface area contributed by atoms with Gasteiger partial charge in [0.15, 0.2) is 0 Å². The lowest BCUT2D eigenvalue weighted by Gasteiger charge is -2.32. The molecule has 0 saturated carbocycles. The lowest BCUT2D eigenvalue weighted by Crippen LogP contribution is -2.51. The summed E-state index contributed by atoms with van der Waals surface area (Å²) >= 11 is 5.99. The van der Waals surface area contributed by atoms with Gasteiger partial charge in [0.1, 0.15) is 24.2 Å². The maximum absolute atomic E-state index is 13.7. The van der Waals surface area contributed by atoms with Crippen LogP contribution in [0.3, 0.4) is 0 Å². The fourth-order valence-electron chi connectivity index (χ4n) is 3.70. The highest BCUT2D eigenvalue weighted by Crippen LogP contribution is 2.26. The number of halogens is 2. The number of nitrogens with one attached hydrogen (secondary N) is 1. The second-order valence-electron chi connectivity index (χ2n) is 8.38.